The van der Waals surface area contributed by atoms with E-state index < -0.39 is 29.4 Å². The maximum Gasteiger partial charge on any atom is 0.308 e. The third-order valence-corrected chi connectivity index (χ3v) is 4.03. The molecule has 0 aromatic heterocycles. The monoisotopic (exact) mass is 399 g/mol. The van der Waals surface area contributed by atoms with E-state index in [1.807, 2.05) is 6.07 Å². The minimum Gasteiger partial charge on any atom is -0.455 e. The van der Waals surface area contributed by atoms with Gasteiger partial charge in [0.1, 0.15) is 5.69 Å². The van der Waals surface area contributed by atoms with Gasteiger partial charge in [-0.05, 0) is 18.1 Å². The number of carbonyl (C=O) groups excluding carboxylic acids is 3. The number of amides is 2. The number of hydrogen-bond acceptors (Lipinski definition) is 6. The van der Waals surface area contributed by atoms with E-state index in [1.54, 1.807) is 37.3 Å². The van der Waals surface area contributed by atoms with Crippen LogP contribution >= 0.6 is 0 Å². The van der Waals surface area contributed by atoms with E-state index in [2.05, 4.69) is 10.6 Å². The number of anilines is 1. The van der Waals surface area contributed by atoms with Crippen molar-refractivity contribution in [3.05, 3.63) is 69.8 Å². The lowest BCUT2D eigenvalue weighted by Crippen LogP contribution is -2.29. The Kier molecular flexibility index (Phi) is 7.41. The van der Waals surface area contributed by atoms with Crippen LogP contribution in [0.25, 0.3) is 0 Å². The summed E-state index contributed by atoms with van der Waals surface area (Å²) in [5, 5.41) is 16.2. The second kappa shape index (κ2) is 9.98. The summed E-state index contributed by atoms with van der Waals surface area (Å²) >= 11 is 0. The molecular weight excluding hydrogens is 378 g/mol. The van der Waals surface area contributed by atoms with Crippen LogP contribution in [0.2, 0.25) is 0 Å². The molecule has 2 rings (SSSR count). The highest BCUT2D eigenvalue weighted by Crippen LogP contribution is 2.27. The van der Waals surface area contributed by atoms with Crippen LogP contribution in [0.5, 0.6) is 0 Å². The number of para-hydroxylation sites is 1. The molecule has 0 aliphatic rings. The first-order chi connectivity index (χ1) is 13.8. The molecule has 0 unspecified atom stereocenters. The quantitative estimate of drug-likeness (QED) is 0.399. The number of nitrogens with one attached hydrogen (secondary N) is 2. The molecular formula is C20H21N3O6. The molecule has 2 aromatic carbocycles. The molecule has 2 amide bonds. The number of hydrogen-bond donors (Lipinski definition) is 2. The number of benzene rings is 2. The van der Waals surface area contributed by atoms with Gasteiger partial charge in [-0.25, -0.2) is 0 Å². The molecule has 152 valence electrons. The molecule has 2 aromatic rings. The van der Waals surface area contributed by atoms with Crippen LogP contribution in [-0.2, 0) is 19.1 Å². The normalized spacial score (nSPS) is 11.2. The topological polar surface area (TPSA) is 128 Å². The minimum absolute atomic E-state index is 0.0546. The van der Waals surface area contributed by atoms with Gasteiger partial charge in [0, 0.05) is 13.0 Å². The fourth-order valence-corrected chi connectivity index (χ4v) is 2.70. The Morgan fingerprint density at radius 3 is 2.41 bits per heavy atom. The number of nitrogens with zero attached hydrogens (tertiary/aromatic N) is 1. The number of rotatable bonds is 8. The van der Waals surface area contributed by atoms with Gasteiger partial charge >= 0.3 is 5.97 Å². The number of nitro groups is 1. The summed E-state index contributed by atoms with van der Waals surface area (Å²) in [5.41, 5.74) is 1.03. The first-order valence-corrected chi connectivity index (χ1v) is 8.79. The molecule has 0 saturated carbocycles. The van der Waals surface area contributed by atoms with Crippen molar-refractivity contribution in [2.24, 2.45) is 0 Å². The molecule has 0 saturated heterocycles. The highest BCUT2D eigenvalue weighted by molar-refractivity contribution is 5.95. The van der Waals surface area contributed by atoms with E-state index in [0.29, 0.717) is 5.56 Å². The summed E-state index contributed by atoms with van der Waals surface area (Å²) in [6, 6.07) is 12.7. The Balaban J connectivity index is 1.97. The van der Waals surface area contributed by atoms with Crippen molar-refractivity contribution in [3.8, 4) is 0 Å². The average Bonchev–Trinajstić information content (AvgIpc) is 2.67. The third kappa shape index (κ3) is 6.42. The summed E-state index contributed by atoms with van der Waals surface area (Å²) in [6.07, 6.45) is -0.165. The fraction of sp³-hybridized carbons (Fsp3) is 0.250. The lowest BCUT2D eigenvalue weighted by atomic mass is 10.0. The standard InChI is InChI=1S/C20H21N3O6/c1-13-7-6-10-17(23(27)28)20(13)22-18(25)12-29-19(26)11-16(21-14(2)24)15-8-4-3-5-9-15/h3-10,16H,11-12H2,1-2H3,(H,21,24)(H,22,25)/t16-/m1/s1. The number of esters is 1. The molecule has 0 bridgehead atoms. The van der Waals surface area contributed by atoms with Gasteiger partial charge in [-0.3, -0.25) is 24.5 Å². The van der Waals surface area contributed by atoms with Crippen molar-refractivity contribution >= 4 is 29.2 Å². The van der Waals surface area contributed by atoms with Crippen LogP contribution in [0.15, 0.2) is 48.5 Å². The SMILES string of the molecule is CC(=O)N[C@H](CC(=O)OCC(=O)Nc1c(C)cccc1[N+](=O)[O-])c1ccccc1. The van der Waals surface area contributed by atoms with E-state index in [0.717, 1.165) is 5.56 Å². The van der Waals surface area contributed by atoms with E-state index in [4.69, 9.17) is 4.74 Å². The molecule has 0 aliphatic heterocycles. The van der Waals surface area contributed by atoms with Crippen molar-refractivity contribution in [2.75, 3.05) is 11.9 Å². The van der Waals surface area contributed by atoms with Crippen molar-refractivity contribution in [2.45, 2.75) is 26.3 Å². The summed E-state index contributed by atoms with van der Waals surface area (Å²) in [4.78, 5) is 46.2. The first kappa shape index (κ1) is 21.5. The van der Waals surface area contributed by atoms with Crippen LogP contribution in [0.4, 0.5) is 11.4 Å². The van der Waals surface area contributed by atoms with E-state index in [1.165, 1.54) is 19.1 Å². The molecule has 0 fully saturated rings. The fourth-order valence-electron chi connectivity index (χ4n) is 2.70. The lowest BCUT2D eigenvalue weighted by Gasteiger charge is -2.17. The van der Waals surface area contributed by atoms with Gasteiger partial charge in [-0.2, -0.15) is 0 Å². The molecule has 9 heteroatoms. The van der Waals surface area contributed by atoms with Gasteiger partial charge in [0.25, 0.3) is 11.6 Å². The molecule has 0 radical (unpaired) electrons. The maximum atomic E-state index is 12.1. The van der Waals surface area contributed by atoms with Crippen molar-refractivity contribution in [3.63, 3.8) is 0 Å². The number of ether oxygens (including phenoxy) is 1. The maximum absolute atomic E-state index is 12.1. The predicted octanol–water partition coefficient (Wildman–Crippen LogP) is 2.65. The van der Waals surface area contributed by atoms with Crippen LogP contribution in [0.1, 0.15) is 30.5 Å². The molecule has 0 aliphatic carbocycles. The number of nitro benzene ring substituents is 1. The van der Waals surface area contributed by atoms with Gasteiger partial charge < -0.3 is 15.4 Å². The van der Waals surface area contributed by atoms with Crippen LogP contribution in [0, 0.1) is 17.0 Å². The van der Waals surface area contributed by atoms with Gasteiger partial charge in [-0.15, -0.1) is 0 Å². The zero-order chi connectivity index (χ0) is 21.4. The molecule has 9 nitrogen and oxygen atoms in total. The Bertz CT molecular complexity index is 914. The summed E-state index contributed by atoms with van der Waals surface area (Å²) in [5.74, 6) is -1.70. The van der Waals surface area contributed by atoms with Crippen molar-refractivity contribution in [1.82, 2.24) is 5.32 Å². The average molecular weight is 399 g/mol. The lowest BCUT2D eigenvalue weighted by molar-refractivity contribution is -0.384. The number of aryl methyl sites for hydroxylation is 1. The van der Waals surface area contributed by atoms with E-state index in [-0.39, 0.29) is 23.7 Å². The van der Waals surface area contributed by atoms with E-state index in [9.17, 15) is 24.5 Å². The van der Waals surface area contributed by atoms with Gasteiger partial charge in [0.05, 0.1) is 17.4 Å². The number of carbonyl (C=O) groups is 3. The predicted molar refractivity (Wildman–Crippen MR) is 105 cm³/mol. The molecule has 0 spiro atoms. The molecule has 0 heterocycles. The molecule has 1 atom stereocenters. The van der Waals surface area contributed by atoms with Gasteiger partial charge in [-0.1, -0.05) is 42.5 Å². The molecule has 2 N–H and O–H groups in total. The van der Waals surface area contributed by atoms with Crippen LogP contribution in [-0.4, -0.2) is 29.3 Å². The summed E-state index contributed by atoms with van der Waals surface area (Å²) in [6.45, 7) is 2.35. The van der Waals surface area contributed by atoms with Crippen LogP contribution < -0.4 is 10.6 Å². The van der Waals surface area contributed by atoms with Crippen molar-refractivity contribution in [1.29, 1.82) is 0 Å². The third-order valence-electron chi connectivity index (χ3n) is 4.03. The Morgan fingerprint density at radius 1 is 1.10 bits per heavy atom. The Morgan fingerprint density at radius 2 is 1.79 bits per heavy atom. The second-order valence-electron chi connectivity index (χ2n) is 6.30. The summed E-state index contributed by atoms with van der Waals surface area (Å²) < 4.78 is 4.98. The summed E-state index contributed by atoms with van der Waals surface area (Å²) in [7, 11) is 0. The van der Waals surface area contributed by atoms with E-state index >= 15 is 0 Å². The highest BCUT2D eigenvalue weighted by atomic mass is 16.6. The molecule has 29 heavy (non-hydrogen) atoms. The highest BCUT2D eigenvalue weighted by Gasteiger charge is 2.21. The first-order valence-electron chi connectivity index (χ1n) is 8.79. The zero-order valence-corrected chi connectivity index (χ0v) is 16.0. The van der Waals surface area contributed by atoms with Crippen molar-refractivity contribution < 1.29 is 24.0 Å². The largest absolute Gasteiger partial charge is 0.455 e. The Labute approximate surface area is 167 Å². The van der Waals surface area contributed by atoms with Gasteiger partial charge in [0.15, 0.2) is 6.61 Å². The smallest absolute Gasteiger partial charge is 0.308 e. The van der Waals surface area contributed by atoms with Crippen LogP contribution in [0.3, 0.4) is 0 Å². The second-order valence-corrected chi connectivity index (χ2v) is 6.30. The van der Waals surface area contributed by atoms with Gasteiger partial charge in [0.2, 0.25) is 5.91 Å². The Hall–Kier alpha value is -3.75. The minimum atomic E-state index is -0.702. The zero-order valence-electron chi connectivity index (χ0n) is 16.0.